The molecule has 1 saturated heterocycles. The summed E-state index contributed by atoms with van der Waals surface area (Å²) in [6.07, 6.45) is 4.00. The molecule has 2 fully saturated rings. The van der Waals surface area contributed by atoms with Crippen LogP contribution in [0.4, 0.5) is 11.5 Å². The molecule has 0 unspecified atom stereocenters. The van der Waals surface area contributed by atoms with Crippen molar-refractivity contribution in [1.82, 2.24) is 20.1 Å². The summed E-state index contributed by atoms with van der Waals surface area (Å²) in [6, 6.07) is 9.30. The summed E-state index contributed by atoms with van der Waals surface area (Å²) in [7, 11) is 0. The molecule has 0 radical (unpaired) electrons. The number of nitrogen functional groups attached to an aromatic ring is 1. The number of benzene rings is 1. The summed E-state index contributed by atoms with van der Waals surface area (Å²) >= 11 is 0. The van der Waals surface area contributed by atoms with Gasteiger partial charge in [-0.25, -0.2) is 0 Å². The van der Waals surface area contributed by atoms with E-state index in [1.165, 1.54) is 0 Å². The topological polar surface area (TPSA) is 94.0 Å². The van der Waals surface area contributed by atoms with Crippen molar-refractivity contribution < 1.29 is 4.79 Å². The Morgan fingerprint density at radius 1 is 1.24 bits per heavy atom. The zero-order valence-electron chi connectivity index (χ0n) is 13.8. The van der Waals surface area contributed by atoms with E-state index in [1.807, 2.05) is 29.3 Å². The monoisotopic (exact) mass is 336 g/mol. The van der Waals surface area contributed by atoms with Crippen molar-refractivity contribution in [2.75, 3.05) is 30.3 Å². The van der Waals surface area contributed by atoms with Crippen LogP contribution in [0.15, 0.2) is 36.5 Å². The summed E-state index contributed by atoms with van der Waals surface area (Å²) in [5, 5.41) is 8.60. The van der Waals surface area contributed by atoms with Crippen LogP contribution in [-0.2, 0) is 0 Å². The molecule has 1 saturated carbocycles. The number of fused-ring (bicyclic) bond motifs is 1. The van der Waals surface area contributed by atoms with Crippen LogP contribution in [0.1, 0.15) is 23.2 Å². The molecule has 5 rings (SSSR count). The number of aromatic nitrogens is 3. The molecule has 1 spiro atoms. The van der Waals surface area contributed by atoms with Crippen LogP contribution in [-0.4, -0.2) is 51.2 Å². The molecule has 7 nitrogen and oxygen atoms in total. The molecule has 128 valence electrons. The molecule has 0 atom stereocenters. The van der Waals surface area contributed by atoms with Crippen molar-refractivity contribution in [3.8, 4) is 0 Å². The average molecular weight is 336 g/mol. The van der Waals surface area contributed by atoms with Gasteiger partial charge in [0.1, 0.15) is 5.65 Å². The Balaban J connectivity index is 1.41. The second-order valence-electron chi connectivity index (χ2n) is 7.04. The van der Waals surface area contributed by atoms with E-state index < -0.39 is 0 Å². The summed E-state index contributed by atoms with van der Waals surface area (Å²) in [5.74, 6) is 1.05. The van der Waals surface area contributed by atoms with Gasteiger partial charge in [0.25, 0.3) is 5.91 Å². The molecule has 3 aromatic rings. The zero-order valence-corrected chi connectivity index (χ0v) is 13.8. The Kier molecular flexibility index (Phi) is 2.89. The van der Waals surface area contributed by atoms with Crippen molar-refractivity contribution in [1.29, 1.82) is 0 Å². The molecule has 4 N–H and O–H groups in total. The molecule has 1 aliphatic carbocycles. The average Bonchev–Trinajstić information content (AvgIpc) is 3.05. The summed E-state index contributed by atoms with van der Waals surface area (Å²) in [6.45, 7) is 2.31. The van der Waals surface area contributed by atoms with Gasteiger partial charge in [0.05, 0.1) is 10.9 Å². The summed E-state index contributed by atoms with van der Waals surface area (Å²) in [5.41, 5.74) is 8.02. The van der Waals surface area contributed by atoms with E-state index in [0.29, 0.717) is 17.8 Å². The van der Waals surface area contributed by atoms with Crippen LogP contribution in [0, 0.1) is 0 Å². The zero-order chi connectivity index (χ0) is 17.0. The van der Waals surface area contributed by atoms with Crippen LogP contribution in [0.3, 0.4) is 0 Å². The van der Waals surface area contributed by atoms with Gasteiger partial charge >= 0.3 is 0 Å². The Morgan fingerprint density at radius 2 is 2.12 bits per heavy atom. The molecule has 1 aliphatic heterocycles. The quantitative estimate of drug-likeness (QED) is 0.624. The largest absolute Gasteiger partial charge is 0.399 e. The molecule has 2 aromatic heterocycles. The van der Waals surface area contributed by atoms with Crippen molar-refractivity contribution in [3.05, 3.63) is 42.1 Å². The number of nitrogens with two attached hydrogens (primary N) is 1. The minimum absolute atomic E-state index is 0.0679. The number of H-pyrrole nitrogens is 2. The number of hydrogen-bond donors (Lipinski definition) is 3. The number of amides is 1. The predicted molar refractivity (Wildman–Crippen MR) is 96.5 cm³/mol. The van der Waals surface area contributed by atoms with Crippen LogP contribution >= 0.6 is 0 Å². The molecular formula is C18H20N6O. The van der Waals surface area contributed by atoms with Crippen LogP contribution in [0.2, 0.25) is 0 Å². The molecule has 7 heteroatoms. The van der Waals surface area contributed by atoms with Gasteiger partial charge in [0.15, 0.2) is 5.82 Å². The number of anilines is 2. The van der Waals surface area contributed by atoms with E-state index in [4.69, 9.17) is 5.73 Å². The third-order valence-electron chi connectivity index (χ3n) is 5.42. The Labute approximate surface area is 144 Å². The van der Waals surface area contributed by atoms with Gasteiger partial charge in [0.2, 0.25) is 0 Å². The Hall–Kier alpha value is -2.96. The van der Waals surface area contributed by atoms with Crippen LogP contribution in [0.5, 0.6) is 0 Å². The van der Waals surface area contributed by atoms with Gasteiger partial charge < -0.3 is 20.5 Å². The lowest BCUT2D eigenvalue weighted by molar-refractivity contribution is 0.0624. The lowest BCUT2D eigenvalue weighted by Crippen LogP contribution is -2.57. The lowest BCUT2D eigenvalue weighted by Gasteiger charge is -2.42. The smallest absolute Gasteiger partial charge is 0.254 e. The van der Waals surface area contributed by atoms with Gasteiger partial charge in [-0.3, -0.25) is 9.89 Å². The van der Waals surface area contributed by atoms with Crippen molar-refractivity contribution in [3.63, 3.8) is 0 Å². The van der Waals surface area contributed by atoms with E-state index in [-0.39, 0.29) is 11.4 Å². The maximum Gasteiger partial charge on any atom is 0.254 e. The fraction of sp³-hybridized carbons (Fsp3) is 0.333. The second-order valence-corrected chi connectivity index (χ2v) is 7.04. The first-order valence-corrected chi connectivity index (χ1v) is 8.60. The van der Waals surface area contributed by atoms with Crippen molar-refractivity contribution in [2.45, 2.75) is 18.4 Å². The molecular weight excluding hydrogens is 316 g/mol. The number of aromatic amines is 2. The molecule has 0 bridgehead atoms. The second kappa shape index (κ2) is 5.02. The number of rotatable bonds is 2. The first-order valence-electron chi connectivity index (χ1n) is 8.60. The molecule has 1 aromatic carbocycles. The summed E-state index contributed by atoms with van der Waals surface area (Å²) in [4.78, 5) is 20.5. The van der Waals surface area contributed by atoms with E-state index >= 15 is 0 Å². The van der Waals surface area contributed by atoms with Gasteiger partial charge in [0, 0.05) is 37.1 Å². The van der Waals surface area contributed by atoms with Crippen molar-refractivity contribution in [2.24, 2.45) is 0 Å². The van der Waals surface area contributed by atoms with Crippen LogP contribution < -0.4 is 10.6 Å². The standard InChI is InChI=1S/C18H20N6O/c19-13-3-1-2-12(10-13)17(25)24-9-8-23(11-18(24)5-6-18)16-14-4-7-20-15(14)21-22-16/h1-4,7,10H,5-6,8-9,11,19H2,(H2,20,21,22). The van der Waals surface area contributed by atoms with E-state index in [1.54, 1.807) is 12.1 Å². The molecule has 25 heavy (non-hydrogen) atoms. The van der Waals surface area contributed by atoms with Gasteiger partial charge in [-0.1, -0.05) is 6.07 Å². The lowest BCUT2D eigenvalue weighted by atomic mass is 10.1. The number of piperazine rings is 1. The highest BCUT2D eigenvalue weighted by Gasteiger charge is 2.53. The highest BCUT2D eigenvalue weighted by atomic mass is 16.2. The third-order valence-corrected chi connectivity index (χ3v) is 5.42. The maximum atomic E-state index is 13.0. The van der Waals surface area contributed by atoms with Gasteiger partial charge in [-0.2, -0.15) is 5.10 Å². The fourth-order valence-electron chi connectivity index (χ4n) is 3.93. The maximum absolute atomic E-state index is 13.0. The van der Waals surface area contributed by atoms with Crippen LogP contribution in [0.25, 0.3) is 11.0 Å². The predicted octanol–water partition coefficient (Wildman–Crippen LogP) is 1.97. The Bertz CT molecular complexity index is 953. The minimum atomic E-state index is -0.0679. The third kappa shape index (κ3) is 2.19. The van der Waals surface area contributed by atoms with E-state index in [9.17, 15) is 4.79 Å². The highest BCUT2D eigenvalue weighted by molar-refractivity contribution is 5.96. The number of nitrogens with one attached hydrogen (secondary N) is 2. The molecule has 1 amide bonds. The van der Waals surface area contributed by atoms with E-state index in [2.05, 4.69) is 20.1 Å². The first kappa shape index (κ1) is 14.4. The van der Waals surface area contributed by atoms with Gasteiger partial charge in [-0.15, -0.1) is 0 Å². The van der Waals surface area contributed by atoms with Crippen molar-refractivity contribution >= 4 is 28.4 Å². The van der Waals surface area contributed by atoms with Gasteiger partial charge in [-0.05, 0) is 37.1 Å². The number of carbonyl (C=O) groups excluding carboxylic acids is 1. The first-order chi connectivity index (χ1) is 12.2. The van der Waals surface area contributed by atoms with E-state index in [0.717, 1.165) is 42.8 Å². The molecule has 3 heterocycles. The normalized spacial score (nSPS) is 18.9. The SMILES string of the molecule is Nc1cccc(C(=O)N2CCN(c3n[nH]c4[nH]ccc34)CC23CC3)c1. The number of hydrogen-bond acceptors (Lipinski definition) is 4. The molecule has 2 aliphatic rings. The summed E-state index contributed by atoms with van der Waals surface area (Å²) < 4.78 is 0. The highest BCUT2D eigenvalue weighted by Crippen LogP contribution is 2.46. The minimum Gasteiger partial charge on any atom is -0.399 e. The Morgan fingerprint density at radius 3 is 2.92 bits per heavy atom. The fourth-order valence-corrected chi connectivity index (χ4v) is 3.93. The number of nitrogens with zero attached hydrogens (tertiary/aromatic N) is 3. The number of carbonyl (C=O) groups is 1.